The summed E-state index contributed by atoms with van der Waals surface area (Å²) in [5.74, 6) is -0.220. The average Bonchev–Trinajstić information content (AvgIpc) is 3.77. The fourth-order valence-corrected chi connectivity index (χ4v) is 9.60. The van der Waals surface area contributed by atoms with Crippen molar-refractivity contribution in [2.45, 2.75) is 73.0 Å². The van der Waals surface area contributed by atoms with Crippen molar-refractivity contribution in [3.05, 3.63) is 162 Å². The predicted octanol–water partition coefficient (Wildman–Crippen LogP) is 13.8. The fourth-order valence-electron chi connectivity index (χ4n) is 8.02. The van der Waals surface area contributed by atoms with Gasteiger partial charge in [0.1, 0.15) is 11.2 Å². The first-order valence-corrected chi connectivity index (χ1v) is 23.5. The maximum Gasteiger partial charge on any atom is 0.151 e. The Morgan fingerprint density at radius 2 is 1.29 bits per heavy atom. The van der Waals surface area contributed by atoms with Crippen molar-refractivity contribution in [1.29, 1.82) is 0 Å². The quantitative estimate of drug-likeness (QED) is 0.123. The van der Waals surface area contributed by atoms with E-state index in [4.69, 9.17) is 13.8 Å². The zero-order chi connectivity index (χ0) is 41.0. The van der Waals surface area contributed by atoms with Crippen LogP contribution < -0.4 is 5.19 Å². The number of aromatic nitrogens is 2. The number of nitrogens with zero attached hydrogens (tertiary/aromatic N) is 2. The van der Waals surface area contributed by atoms with Gasteiger partial charge in [-0.05, 0) is 40.0 Å². The van der Waals surface area contributed by atoms with Gasteiger partial charge in [-0.1, -0.05) is 168 Å². The van der Waals surface area contributed by atoms with E-state index in [9.17, 15) is 4.39 Å². The maximum atomic E-state index is 14.4. The van der Waals surface area contributed by atoms with E-state index in [2.05, 4.69) is 144 Å². The number of fused-ring (bicyclic) bond motifs is 6. The number of aryl methyl sites for hydroxylation is 1. The van der Waals surface area contributed by atoms with E-state index in [1.54, 1.807) is 25.3 Å². The van der Waals surface area contributed by atoms with E-state index < -0.39 is 8.07 Å². The zero-order valence-electron chi connectivity index (χ0n) is 35.2. The third kappa shape index (κ3) is 8.21. The third-order valence-corrected chi connectivity index (χ3v) is 13.1. The van der Waals surface area contributed by atoms with Crippen LogP contribution in [0.3, 0.4) is 0 Å². The molecule has 9 rings (SSSR count). The second-order valence-electron chi connectivity index (χ2n) is 18.1. The first-order valence-electron chi connectivity index (χ1n) is 20.0. The SMILES string of the molecule is CC(C)(c1ccccc1)c1cccc2c1oc1c(-c3cc4c(cn3)oc3ccccc34)[c-]ccc12.Cc1cc[c-]c(-c2cc(CC(C)(C)C)c([Si](C)(C)C)cn2)c1F.[Ir]. The van der Waals surface area contributed by atoms with Gasteiger partial charge in [0.25, 0.3) is 0 Å². The van der Waals surface area contributed by atoms with E-state index in [1.165, 1.54) is 16.3 Å². The Balaban J connectivity index is 0.000000193. The predicted molar refractivity (Wildman–Crippen MR) is 241 cm³/mol. The molecular weight excluding hydrogens is 924 g/mol. The van der Waals surface area contributed by atoms with Crippen molar-refractivity contribution in [1.82, 2.24) is 9.97 Å². The molecule has 0 unspecified atom stereocenters. The van der Waals surface area contributed by atoms with Crippen molar-refractivity contribution in [3.8, 4) is 22.5 Å². The van der Waals surface area contributed by atoms with Crippen molar-refractivity contribution in [2.24, 2.45) is 5.41 Å². The molecule has 0 aliphatic rings. The fraction of sp³-hybridized carbons (Fsp3) is 0.231. The number of pyridine rings is 2. The summed E-state index contributed by atoms with van der Waals surface area (Å²) >= 11 is 0. The van der Waals surface area contributed by atoms with E-state index in [1.807, 2.05) is 30.5 Å². The van der Waals surface area contributed by atoms with Crippen LogP contribution in [0.25, 0.3) is 66.4 Å². The van der Waals surface area contributed by atoms with Crippen LogP contribution in [0.4, 0.5) is 4.39 Å². The van der Waals surface area contributed by atoms with Crippen molar-refractivity contribution in [3.63, 3.8) is 0 Å². The Bertz CT molecular complexity index is 2950. The Morgan fingerprint density at radius 3 is 2.03 bits per heavy atom. The van der Waals surface area contributed by atoms with E-state index in [0.717, 1.165) is 67.1 Å². The second-order valence-corrected chi connectivity index (χ2v) is 23.1. The molecule has 0 atom stereocenters. The van der Waals surface area contributed by atoms with Crippen LogP contribution in [0.5, 0.6) is 0 Å². The Labute approximate surface area is 361 Å². The second kappa shape index (κ2) is 16.1. The number of hydrogen-bond donors (Lipinski definition) is 0. The van der Waals surface area contributed by atoms with Crippen LogP contribution >= 0.6 is 0 Å². The minimum Gasteiger partial charge on any atom is -0.500 e. The number of benzene rings is 5. The molecule has 0 bridgehead atoms. The number of furan rings is 2. The molecule has 4 nitrogen and oxygen atoms in total. The minimum atomic E-state index is -1.49. The molecule has 7 heteroatoms. The van der Waals surface area contributed by atoms with E-state index in [0.29, 0.717) is 16.8 Å². The molecule has 5 aromatic carbocycles. The molecule has 0 saturated carbocycles. The van der Waals surface area contributed by atoms with Gasteiger partial charge in [0.15, 0.2) is 5.58 Å². The van der Waals surface area contributed by atoms with Crippen LogP contribution in [-0.4, -0.2) is 18.0 Å². The molecule has 0 spiro atoms. The summed E-state index contributed by atoms with van der Waals surface area (Å²) in [6, 6.07) is 43.2. The molecule has 0 fully saturated rings. The molecule has 0 amide bonds. The van der Waals surface area contributed by atoms with Gasteiger partial charge in [-0.15, -0.1) is 36.4 Å². The van der Waals surface area contributed by atoms with Gasteiger partial charge in [-0.25, -0.2) is 0 Å². The summed E-state index contributed by atoms with van der Waals surface area (Å²) in [4.78, 5) is 9.30. The Kier molecular flexibility index (Phi) is 11.4. The molecule has 4 aromatic heterocycles. The van der Waals surface area contributed by atoms with Gasteiger partial charge in [0.2, 0.25) is 0 Å². The maximum absolute atomic E-state index is 14.4. The third-order valence-electron chi connectivity index (χ3n) is 11.0. The van der Waals surface area contributed by atoms with Crippen LogP contribution in [0.15, 0.2) is 130 Å². The summed E-state index contributed by atoms with van der Waals surface area (Å²) in [5.41, 5.74) is 10.5. The monoisotopic (exact) mass is 973 g/mol. The molecule has 59 heavy (non-hydrogen) atoms. The Morgan fingerprint density at radius 1 is 0.644 bits per heavy atom. The van der Waals surface area contributed by atoms with E-state index >= 15 is 0 Å². The van der Waals surface area contributed by atoms with Gasteiger partial charge in [-0.3, -0.25) is 4.39 Å². The average molecular weight is 973 g/mol. The summed E-state index contributed by atoms with van der Waals surface area (Å²) in [6.07, 6.45) is 4.73. The van der Waals surface area contributed by atoms with Crippen LogP contribution in [0.2, 0.25) is 19.6 Å². The minimum absolute atomic E-state index is 0. The molecule has 301 valence electrons. The molecule has 0 saturated heterocycles. The summed E-state index contributed by atoms with van der Waals surface area (Å²) in [5, 5.41) is 5.65. The van der Waals surface area contributed by atoms with Crippen LogP contribution in [0.1, 0.15) is 56.9 Å². The topological polar surface area (TPSA) is 52.1 Å². The number of hydrogen-bond acceptors (Lipinski definition) is 4. The standard InChI is InChI=1S/C32H22NO2.C20H27FNSi.Ir/c1-32(2,20-10-4-3-5-11-20)26-16-9-14-23-22-13-8-15-24(30(22)35-31(23)26)27-18-25-21-12-6-7-17-28(21)34-29(25)19-33-27;1-14-9-8-10-16(19(14)21)17-11-15(12-20(2,3)4)18(13-22-17)23(5,6)7;/h3-14,16-19H,1-2H3;8-9,11,13H,12H2,1-7H3;/q2*-1;. The largest absolute Gasteiger partial charge is 0.500 e. The van der Waals surface area contributed by atoms with Gasteiger partial charge >= 0.3 is 0 Å². The van der Waals surface area contributed by atoms with Crippen LogP contribution in [0, 0.1) is 30.3 Å². The molecule has 4 heterocycles. The smallest absolute Gasteiger partial charge is 0.151 e. The van der Waals surface area contributed by atoms with Crippen LogP contribution in [-0.2, 0) is 31.9 Å². The van der Waals surface area contributed by atoms with Crippen molar-refractivity contribution in [2.75, 3.05) is 0 Å². The number of para-hydroxylation sites is 2. The van der Waals surface area contributed by atoms with E-state index in [-0.39, 0.29) is 36.8 Å². The van der Waals surface area contributed by atoms with Gasteiger partial charge in [0.05, 0.1) is 19.9 Å². The molecule has 0 aliphatic heterocycles. The van der Waals surface area contributed by atoms with Crippen molar-refractivity contribution < 1.29 is 33.3 Å². The van der Waals surface area contributed by atoms with Gasteiger partial charge in [0, 0.05) is 59.3 Å². The molecule has 9 aromatic rings. The molecule has 0 aliphatic carbocycles. The Hall–Kier alpha value is -5.20. The normalized spacial score (nSPS) is 12.2. The van der Waals surface area contributed by atoms with Gasteiger partial charge < -0.3 is 18.8 Å². The molecular formula is C52H49FIrN2O2Si-2. The van der Waals surface area contributed by atoms with Crippen molar-refractivity contribution >= 4 is 57.1 Å². The number of halogens is 1. The first-order chi connectivity index (χ1) is 27.6. The zero-order valence-corrected chi connectivity index (χ0v) is 38.6. The summed E-state index contributed by atoms with van der Waals surface area (Å²) in [6.45, 7) is 20.0. The molecule has 0 N–H and O–H groups in total. The summed E-state index contributed by atoms with van der Waals surface area (Å²) < 4.78 is 27.1. The summed E-state index contributed by atoms with van der Waals surface area (Å²) in [7, 11) is -1.49. The first kappa shape index (κ1) is 41.9. The van der Waals surface area contributed by atoms with Gasteiger partial charge in [-0.2, -0.15) is 0 Å². The molecule has 1 radical (unpaired) electrons. The number of rotatable bonds is 6.